The monoisotopic (exact) mass is 311 g/mol. The Kier molecular flexibility index (Phi) is 3.65. The van der Waals surface area contributed by atoms with Crippen LogP contribution in [-0.2, 0) is 11.3 Å². The van der Waals surface area contributed by atoms with Crippen molar-refractivity contribution in [3.05, 3.63) is 48.7 Å². The summed E-state index contributed by atoms with van der Waals surface area (Å²) in [6.45, 7) is 3.43. The SMILES string of the molecule is O=C1N(c2cccnc2)CCC12CCCN(Cc1ccco1)C2. The van der Waals surface area contributed by atoms with Crippen LogP contribution in [0.1, 0.15) is 25.0 Å². The topological polar surface area (TPSA) is 49.6 Å². The number of hydrogen-bond donors (Lipinski definition) is 0. The van der Waals surface area contributed by atoms with E-state index in [1.54, 1.807) is 18.7 Å². The molecule has 4 heterocycles. The smallest absolute Gasteiger partial charge is 0.234 e. The van der Waals surface area contributed by atoms with Crippen LogP contribution >= 0.6 is 0 Å². The van der Waals surface area contributed by atoms with Crippen molar-refractivity contribution in [2.45, 2.75) is 25.8 Å². The minimum Gasteiger partial charge on any atom is -0.468 e. The minimum atomic E-state index is -0.235. The zero-order chi connectivity index (χ0) is 15.7. The molecule has 0 saturated carbocycles. The molecule has 0 radical (unpaired) electrons. The molecule has 0 bridgehead atoms. The lowest BCUT2D eigenvalue weighted by atomic mass is 9.78. The van der Waals surface area contributed by atoms with Gasteiger partial charge in [0.15, 0.2) is 0 Å². The van der Waals surface area contributed by atoms with Crippen LogP contribution in [0.5, 0.6) is 0 Å². The van der Waals surface area contributed by atoms with Crippen molar-refractivity contribution in [3.63, 3.8) is 0 Å². The van der Waals surface area contributed by atoms with E-state index in [0.717, 1.165) is 56.9 Å². The number of amides is 1. The summed E-state index contributed by atoms with van der Waals surface area (Å²) in [7, 11) is 0. The van der Waals surface area contributed by atoms with Crippen LogP contribution in [0.3, 0.4) is 0 Å². The van der Waals surface area contributed by atoms with E-state index in [4.69, 9.17) is 4.42 Å². The van der Waals surface area contributed by atoms with Crippen LogP contribution in [0.2, 0.25) is 0 Å². The summed E-state index contributed by atoms with van der Waals surface area (Å²) >= 11 is 0. The van der Waals surface area contributed by atoms with E-state index in [9.17, 15) is 4.79 Å². The predicted molar refractivity (Wildman–Crippen MR) is 86.9 cm³/mol. The summed E-state index contributed by atoms with van der Waals surface area (Å²) < 4.78 is 5.46. The Balaban J connectivity index is 1.51. The third-order valence-corrected chi connectivity index (χ3v) is 5.09. The van der Waals surface area contributed by atoms with E-state index in [-0.39, 0.29) is 11.3 Å². The maximum atomic E-state index is 13.1. The fourth-order valence-corrected chi connectivity index (χ4v) is 3.94. The molecule has 2 aromatic rings. The fraction of sp³-hybridized carbons (Fsp3) is 0.444. The van der Waals surface area contributed by atoms with Gasteiger partial charge < -0.3 is 9.32 Å². The van der Waals surface area contributed by atoms with Gasteiger partial charge in [0.05, 0.1) is 30.1 Å². The van der Waals surface area contributed by atoms with Crippen molar-refractivity contribution in [3.8, 4) is 0 Å². The van der Waals surface area contributed by atoms with Crippen LogP contribution in [0.15, 0.2) is 47.3 Å². The maximum absolute atomic E-state index is 13.1. The molecule has 1 unspecified atom stereocenters. The number of carbonyl (C=O) groups excluding carboxylic acids is 1. The molecule has 0 aromatic carbocycles. The number of nitrogens with zero attached hydrogens (tertiary/aromatic N) is 3. The average Bonchev–Trinajstić information content (AvgIpc) is 3.19. The van der Waals surface area contributed by atoms with Gasteiger partial charge in [-0.1, -0.05) is 0 Å². The summed E-state index contributed by atoms with van der Waals surface area (Å²) in [6.07, 6.45) is 8.20. The van der Waals surface area contributed by atoms with Gasteiger partial charge in [-0.25, -0.2) is 0 Å². The van der Waals surface area contributed by atoms with Gasteiger partial charge in [0.2, 0.25) is 5.91 Å². The lowest BCUT2D eigenvalue weighted by molar-refractivity contribution is -0.128. The highest BCUT2D eigenvalue weighted by atomic mass is 16.3. The molecule has 0 aliphatic carbocycles. The third kappa shape index (κ3) is 2.65. The lowest BCUT2D eigenvalue weighted by Gasteiger charge is -2.38. The van der Waals surface area contributed by atoms with Gasteiger partial charge in [0, 0.05) is 19.3 Å². The second-order valence-electron chi connectivity index (χ2n) is 6.59. The van der Waals surface area contributed by atoms with Gasteiger partial charge >= 0.3 is 0 Å². The first-order valence-electron chi connectivity index (χ1n) is 8.24. The molecule has 5 nitrogen and oxygen atoms in total. The van der Waals surface area contributed by atoms with Crippen molar-refractivity contribution in [1.29, 1.82) is 0 Å². The molecule has 23 heavy (non-hydrogen) atoms. The Morgan fingerprint density at radius 2 is 2.17 bits per heavy atom. The van der Waals surface area contributed by atoms with E-state index in [1.807, 2.05) is 29.2 Å². The van der Waals surface area contributed by atoms with Crippen LogP contribution in [0.25, 0.3) is 0 Å². The van der Waals surface area contributed by atoms with Crippen molar-refractivity contribution in [2.75, 3.05) is 24.5 Å². The number of likely N-dealkylation sites (tertiary alicyclic amines) is 1. The lowest BCUT2D eigenvalue weighted by Crippen LogP contribution is -2.47. The maximum Gasteiger partial charge on any atom is 0.234 e. The largest absolute Gasteiger partial charge is 0.468 e. The van der Waals surface area contributed by atoms with Crippen LogP contribution in [0, 0.1) is 5.41 Å². The Morgan fingerprint density at radius 3 is 2.96 bits per heavy atom. The fourth-order valence-electron chi connectivity index (χ4n) is 3.94. The second-order valence-corrected chi connectivity index (χ2v) is 6.59. The van der Waals surface area contributed by atoms with Crippen molar-refractivity contribution in [2.24, 2.45) is 5.41 Å². The predicted octanol–water partition coefficient (Wildman–Crippen LogP) is 2.69. The normalized spacial score (nSPS) is 25.4. The Bertz CT molecular complexity index is 671. The van der Waals surface area contributed by atoms with Crippen LogP contribution in [0.4, 0.5) is 5.69 Å². The van der Waals surface area contributed by atoms with Crippen molar-refractivity contribution >= 4 is 11.6 Å². The molecule has 2 aliphatic rings. The highest BCUT2D eigenvalue weighted by Gasteiger charge is 2.49. The number of piperidine rings is 1. The Hall–Kier alpha value is -2.14. The van der Waals surface area contributed by atoms with Crippen LogP contribution in [-0.4, -0.2) is 35.4 Å². The molecule has 1 spiro atoms. The van der Waals surface area contributed by atoms with Gasteiger partial charge in [-0.2, -0.15) is 0 Å². The van der Waals surface area contributed by atoms with Crippen LogP contribution < -0.4 is 4.90 Å². The van der Waals surface area contributed by atoms with E-state index >= 15 is 0 Å². The zero-order valence-corrected chi connectivity index (χ0v) is 13.1. The Labute approximate surface area is 135 Å². The van der Waals surface area contributed by atoms with Crippen molar-refractivity contribution < 1.29 is 9.21 Å². The summed E-state index contributed by atoms with van der Waals surface area (Å²) in [5, 5.41) is 0. The molecule has 2 aliphatic heterocycles. The quantitative estimate of drug-likeness (QED) is 0.874. The van der Waals surface area contributed by atoms with E-state index in [1.165, 1.54) is 0 Å². The van der Waals surface area contributed by atoms with Gasteiger partial charge in [-0.05, 0) is 50.1 Å². The Morgan fingerprint density at radius 1 is 1.22 bits per heavy atom. The molecular formula is C18H21N3O2. The number of pyridine rings is 1. The van der Waals surface area contributed by atoms with Gasteiger partial charge in [0.1, 0.15) is 5.76 Å². The van der Waals surface area contributed by atoms with Crippen molar-refractivity contribution in [1.82, 2.24) is 9.88 Å². The number of anilines is 1. The number of rotatable bonds is 3. The standard InChI is InChI=1S/C18H21N3O2/c22-17-18(7-10-21(17)15-4-1-8-19-12-15)6-3-9-20(14-18)13-16-5-2-11-23-16/h1-2,4-5,8,11-12H,3,6-7,9-10,13-14H2. The first-order valence-corrected chi connectivity index (χ1v) is 8.24. The van der Waals surface area contributed by atoms with E-state index in [0.29, 0.717) is 0 Å². The molecule has 120 valence electrons. The number of aromatic nitrogens is 1. The summed E-state index contributed by atoms with van der Waals surface area (Å²) in [5.74, 6) is 1.23. The number of carbonyl (C=O) groups is 1. The van der Waals surface area contributed by atoms with E-state index < -0.39 is 0 Å². The molecule has 5 heteroatoms. The van der Waals surface area contributed by atoms with Gasteiger partial charge in [-0.3, -0.25) is 14.7 Å². The molecule has 4 rings (SSSR count). The summed E-state index contributed by atoms with van der Waals surface area (Å²) in [5.41, 5.74) is 0.679. The van der Waals surface area contributed by atoms with E-state index in [2.05, 4.69) is 9.88 Å². The average molecular weight is 311 g/mol. The molecule has 2 aromatic heterocycles. The highest BCUT2D eigenvalue weighted by Crippen LogP contribution is 2.41. The molecule has 1 atom stereocenters. The number of hydrogen-bond acceptors (Lipinski definition) is 4. The molecule has 2 fully saturated rings. The molecule has 2 saturated heterocycles. The third-order valence-electron chi connectivity index (χ3n) is 5.09. The number of furan rings is 1. The molecule has 1 amide bonds. The summed E-state index contributed by atoms with van der Waals surface area (Å²) in [6, 6.07) is 7.77. The first-order chi connectivity index (χ1) is 11.3. The zero-order valence-electron chi connectivity index (χ0n) is 13.1. The second kappa shape index (κ2) is 5.81. The molecular weight excluding hydrogens is 290 g/mol. The minimum absolute atomic E-state index is 0.235. The van der Waals surface area contributed by atoms with Gasteiger partial charge in [-0.15, -0.1) is 0 Å². The highest BCUT2D eigenvalue weighted by molar-refractivity contribution is 6.00. The summed E-state index contributed by atoms with van der Waals surface area (Å²) in [4.78, 5) is 21.5. The molecule has 0 N–H and O–H groups in total. The first kappa shape index (κ1) is 14.5. The van der Waals surface area contributed by atoms with Gasteiger partial charge in [0.25, 0.3) is 0 Å².